The van der Waals surface area contributed by atoms with Gasteiger partial charge in [-0.05, 0) is 72.9 Å². The Morgan fingerprint density at radius 1 is 0.968 bits per heavy atom. The molecule has 2 rings (SSSR count). The molecule has 8 heteroatoms. The first kappa shape index (κ1) is 25.0. The van der Waals surface area contributed by atoms with Crippen LogP contribution in [-0.2, 0) is 10.0 Å². The van der Waals surface area contributed by atoms with Crippen molar-refractivity contribution < 1.29 is 13.2 Å². The molecule has 0 radical (unpaired) electrons. The lowest BCUT2D eigenvalue weighted by atomic mass is 10.0. The van der Waals surface area contributed by atoms with E-state index in [1.165, 1.54) is 4.31 Å². The fourth-order valence-corrected chi connectivity index (χ4v) is 4.90. The molecule has 0 aliphatic carbocycles. The number of nitrogens with one attached hydrogen (secondary N) is 2. The fraction of sp³-hybridized carbons (Fsp3) is 0.391. The molecule has 1 amide bonds. The first-order valence-electron chi connectivity index (χ1n) is 10.5. The van der Waals surface area contributed by atoms with Gasteiger partial charge >= 0.3 is 0 Å². The third-order valence-electron chi connectivity index (χ3n) is 4.76. The molecule has 2 aromatic rings. The zero-order valence-electron chi connectivity index (χ0n) is 18.5. The second-order valence-corrected chi connectivity index (χ2v) is 9.96. The van der Waals surface area contributed by atoms with Gasteiger partial charge in [-0.25, -0.2) is 8.42 Å². The molecular weight excluding hydrogens is 430 g/mol. The molecule has 0 fully saturated rings. The summed E-state index contributed by atoms with van der Waals surface area (Å²) in [5, 5.41) is 5.71. The predicted molar refractivity (Wildman–Crippen MR) is 130 cm³/mol. The van der Waals surface area contributed by atoms with E-state index in [0.29, 0.717) is 30.3 Å². The highest BCUT2D eigenvalue weighted by Crippen LogP contribution is 2.19. The maximum Gasteiger partial charge on any atom is 0.257 e. The van der Waals surface area contributed by atoms with Crippen LogP contribution in [0.2, 0.25) is 0 Å². The Balaban J connectivity index is 2.02. The third kappa shape index (κ3) is 6.85. The Morgan fingerprint density at radius 2 is 1.52 bits per heavy atom. The van der Waals surface area contributed by atoms with Gasteiger partial charge in [0.25, 0.3) is 5.91 Å². The number of sulfonamides is 1. The fourth-order valence-electron chi connectivity index (χ4n) is 3.07. The Morgan fingerprint density at radius 3 is 2.00 bits per heavy atom. The SMILES string of the molecule is CCCN(CCC)S(=O)(=O)c1ccc(NC(=S)NC(=O)c2ccc(C(C)C)cc2)cc1. The van der Waals surface area contributed by atoms with Gasteiger partial charge < -0.3 is 5.32 Å². The number of thiocarbonyl (C=S) groups is 1. The summed E-state index contributed by atoms with van der Waals surface area (Å²) in [5.74, 6) is 0.0874. The lowest BCUT2D eigenvalue weighted by Crippen LogP contribution is -2.34. The second kappa shape index (κ2) is 11.4. The van der Waals surface area contributed by atoms with E-state index in [2.05, 4.69) is 24.5 Å². The first-order chi connectivity index (χ1) is 14.7. The minimum atomic E-state index is -3.53. The van der Waals surface area contributed by atoms with Crippen molar-refractivity contribution in [2.75, 3.05) is 18.4 Å². The summed E-state index contributed by atoms with van der Waals surface area (Å²) in [4.78, 5) is 12.6. The van der Waals surface area contributed by atoms with Gasteiger partial charge in [-0.1, -0.05) is 39.8 Å². The van der Waals surface area contributed by atoms with Crippen molar-refractivity contribution in [2.24, 2.45) is 0 Å². The van der Waals surface area contributed by atoms with Crippen LogP contribution in [0.15, 0.2) is 53.4 Å². The number of amides is 1. The highest BCUT2D eigenvalue weighted by Gasteiger charge is 2.22. The molecule has 0 unspecified atom stereocenters. The van der Waals surface area contributed by atoms with E-state index < -0.39 is 10.0 Å². The number of hydrogen-bond acceptors (Lipinski definition) is 4. The molecule has 0 saturated carbocycles. The molecule has 0 atom stereocenters. The smallest absolute Gasteiger partial charge is 0.257 e. The van der Waals surface area contributed by atoms with Gasteiger partial charge in [0.2, 0.25) is 10.0 Å². The lowest BCUT2D eigenvalue weighted by Gasteiger charge is -2.21. The number of nitrogens with zero attached hydrogens (tertiary/aromatic N) is 1. The Labute approximate surface area is 191 Å². The van der Waals surface area contributed by atoms with Gasteiger partial charge in [0.15, 0.2) is 5.11 Å². The van der Waals surface area contributed by atoms with E-state index in [1.54, 1.807) is 36.4 Å². The number of anilines is 1. The minimum absolute atomic E-state index is 0.145. The van der Waals surface area contributed by atoms with Crippen LogP contribution in [0.4, 0.5) is 5.69 Å². The van der Waals surface area contributed by atoms with Crippen LogP contribution in [0, 0.1) is 0 Å². The Bertz CT molecular complexity index is 980. The van der Waals surface area contributed by atoms with Crippen LogP contribution in [0.5, 0.6) is 0 Å². The number of hydrogen-bond donors (Lipinski definition) is 2. The molecule has 0 bridgehead atoms. The quantitative estimate of drug-likeness (QED) is 0.527. The first-order valence-corrected chi connectivity index (χ1v) is 12.4. The summed E-state index contributed by atoms with van der Waals surface area (Å²) in [7, 11) is -3.53. The van der Waals surface area contributed by atoms with Gasteiger partial charge in [0.1, 0.15) is 0 Å². The topological polar surface area (TPSA) is 78.5 Å². The zero-order valence-corrected chi connectivity index (χ0v) is 20.1. The van der Waals surface area contributed by atoms with Gasteiger partial charge in [0, 0.05) is 24.3 Å². The van der Waals surface area contributed by atoms with E-state index >= 15 is 0 Å². The molecule has 0 saturated heterocycles. The van der Waals surface area contributed by atoms with Crippen LogP contribution in [0.25, 0.3) is 0 Å². The highest BCUT2D eigenvalue weighted by atomic mass is 32.2. The molecule has 2 aromatic carbocycles. The summed E-state index contributed by atoms with van der Waals surface area (Å²) >= 11 is 5.23. The minimum Gasteiger partial charge on any atom is -0.332 e. The number of benzene rings is 2. The van der Waals surface area contributed by atoms with Gasteiger partial charge in [-0.15, -0.1) is 0 Å². The van der Waals surface area contributed by atoms with Crippen molar-refractivity contribution in [2.45, 2.75) is 51.3 Å². The van der Waals surface area contributed by atoms with Crippen LogP contribution < -0.4 is 10.6 Å². The average molecular weight is 462 g/mol. The molecule has 0 aliphatic heterocycles. The Kier molecular flexibility index (Phi) is 9.15. The molecular formula is C23H31N3O3S2. The van der Waals surface area contributed by atoms with Crippen LogP contribution in [0.3, 0.4) is 0 Å². The van der Waals surface area contributed by atoms with Crippen LogP contribution >= 0.6 is 12.2 Å². The Hall–Kier alpha value is -2.29. The largest absolute Gasteiger partial charge is 0.332 e. The third-order valence-corrected chi connectivity index (χ3v) is 6.88. The normalized spacial score (nSPS) is 11.5. The highest BCUT2D eigenvalue weighted by molar-refractivity contribution is 7.89. The molecule has 31 heavy (non-hydrogen) atoms. The molecule has 168 valence electrons. The van der Waals surface area contributed by atoms with Crippen molar-refractivity contribution in [3.8, 4) is 0 Å². The van der Waals surface area contributed by atoms with Crippen molar-refractivity contribution in [1.82, 2.24) is 9.62 Å². The van der Waals surface area contributed by atoms with Gasteiger partial charge in [-0.3, -0.25) is 10.1 Å². The molecule has 0 aromatic heterocycles. The number of rotatable bonds is 9. The maximum absolute atomic E-state index is 12.8. The summed E-state index contributed by atoms with van der Waals surface area (Å²) in [6.45, 7) is 9.08. The lowest BCUT2D eigenvalue weighted by molar-refractivity contribution is 0.0977. The summed E-state index contributed by atoms with van der Waals surface area (Å²) in [5.41, 5.74) is 2.27. The molecule has 0 heterocycles. The van der Waals surface area contributed by atoms with Gasteiger partial charge in [0.05, 0.1) is 4.90 Å². The molecule has 0 aliphatic rings. The van der Waals surface area contributed by atoms with Crippen LogP contribution in [-0.4, -0.2) is 36.8 Å². The standard InChI is InChI=1S/C23H31N3O3S2/c1-5-15-26(16-6-2)31(28,29)21-13-11-20(12-14-21)24-23(30)25-22(27)19-9-7-18(8-10-19)17(3)4/h7-14,17H,5-6,15-16H2,1-4H3,(H2,24,25,27,30). The number of carbonyl (C=O) groups is 1. The summed E-state index contributed by atoms with van der Waals surface area (Å²) in [6, 6.07) is 13.8. The molecule has 6 nitrogen and oxygen atoms in total. The molecule has 0 spiro atoms. The van der Waals surface area contributed by atoms with Crippen molar-refractivity contribution in [3.63, 3.8) is 0 Å². The van der Waals surface area contributed by atoms with Crippen LogP contribution in [0.1, 0.15) is 62.4 Å². The molecule has 2 N–H and O–H groups in total. The predicted octanol–water partition coefficient (Wildman–Crippen LogP) is 4.75. The van der Waals surface area contributed by atoms with E-state index in [4.69, 9.17) is 12.2 Å². The van der Waals surface area contributed by atoms with E-state index in [-0.39, 0.29) is 15.9 Å². The average Bonchev–Trinajstić information content (AvgIpc) is 2.74. The van der Waals surface area contributed by atoms with Crippen molar-refractivity contribution in [1.29, 1.82) is 0 Å². The van der Waals surface area contributed by atoms with E-state index in [9.17, 15) is 13.2 Å². The maximum atomic E-state index is 12.8. The monoisotopic (exact) mass is 461 g/mol. The van der Waals surface area contributed by atoms with Crippen molar-refractivity contribution >= 4 is 38.9 Å². The van der Waals surface area contributed by atoms with Gasteiger partial charge in [-0.2, -0.15) is 4.31 Å². The summed E-state index contributed by atoms with van der Waals surface area (Å²) < 4.78 is 27.2. The van der Waals surface area contributed by atoms with Crippen molar-refractivity contribution in [3.05, 3.63) is 59.7 Å². The van der Waals surface area contributed by atoms with E-state index in [1.807, 2.05) is 26.0 Å². The second-order valence-electron chi connectivity index (χ2n) is 7.61. The zero-order chi connectivity index (χ0) is 23.0. The summed E-state index contributed by atoms with van der Waals surface area (Å²) in [6.07, 6.45) is 1.51. The van der Waals surface area contributed by atoms with E-state index in [0.717, 1.165) is 18.4 Å². The number of carbonyl (C=O) groups excluding carboxylic acids is 1.